The van der Waals surface area contributed by atoms with Crippen LogP contribution in [0, 0.1) is 37.0 Å². The van der Waals surface area contributed by atoms with Gasteiger partial charge in [-0.25, -0.2) is 4.98 Å². The second-order valence-electron chi connectivity index (χ2n) is 7.81. The van der Waals surface area contributed by atoms with Crippen molar-refractivity contribution in [1.82, 2.24) is 14.7 Å². The molecule has 0 aliphatic heterocycles. The van der Waals surface area contributed by atoms with Crippen molar-refractivity contribution >= 4 is 62.0 Å². The van der Waals surface area contributed by atoms with Crippen LogP contribution in [0.5, 0.6) is 5.88 Å². The number of hydrogen-bond acceptors (Lipinski definition) is 10. The van der Waals surface area contributed by atoms with Crippen molar-refractivity contribution in [3.05, 3.63) is 44.4 Å². The number of halogens is 1. The molecule has 2 aromatic heterocycles. The number of nitrogens with one attached hydrogen (secondary N) is 4. The number of carbonyl (C=O) groups is 1. The van der Waals surface area contributed by atoms with Gasteiger partial charge in [0.1, 0.15) is 21.3 Å². The van der Waals surface area contributed by atoms with Crippen molar-refractivity contribution in [2.75, 3.05) is 10.6 Å². The predicted octanol–water partition coefficient (Wildman–Crippen LogP) is 3.52. The zero-order valence-electron chi connectivity index (χ0n) is 18.6. The Bertz CT molecular complexity index is 1350. The van der Waals surface area contributed by atoms with Gasteiger partial charge >= 0.3 is 0 Å². The van der Waals surface area contributed by atoms with Crippen molar-refractivity contribution in [1.29, 1.82) is 5.41 Å². The number of nitrogens with zero attached hydrogens (tertiary/aromatic N) is 2. The van der Waals surface area contributed by atoms with E-state index in [1.54, 1.807) is 13.0 Å². The first-order valence-corrected chi connectivity index (χ1v) is 12.4. The summed E-state index contributed by atoms with van der Waals surface area (Å²) < 4.78 is 3.78. The van der Waals surface area contributed by atoms with Crippen molar-refractivity contribution in [2.24, 2.45) is 5.92 Å². The molecule has 13 heteroatoms. The van der Waals surface area contributed by atoms with Crippen molar-refractivity contribution in [2.45, 2.75) is 33.1 Å². The Morgan fingerprint density at radius 2 is 2.06 bits per heavy atom. The van der Waals surface area contributed by atoms with Crippen LogP contribution in [0.4, 0.5) is 15.8 Å². The van der Waals surface area contributed by atoms with Crippen molar-refractivity contribution < 1.29 is 20.1 Å². The SMILES string of the molecule is Cc1cc(C#CC2CC2)cc(Cl)c1NC(=O)c1sc(Nc2snc(O)c2C(=N)NC(O)O)nc1C. The molecule has 0 spiro atoms. The number of aliphatic hydroxyl groups excluding tert-OH is 1. The third-order valence-corrected chi connectivity index (χ3v) is 7.07. The second-order valence-corrected chi connectivity index (χ2v) is 9.99. The highest BCUT2D eigenvalue weighted by Crippen LogP contribution is 2.35. The van der Waals surface area contributed by atoms with Gasteiger partial charge in [-0.3, -0.25) is 10.2 Å². The van der Waals surface area contributed by atoms with Crippen LogP contribution in [0.1, 0.15) is 44.9 Å². The number of carbonyl (C=O) groups excluding carboxylic acids is 1. The first-order valence-electron chi connectivity index (χ1n) is 10.4. The van der Waals surface area contributed by atoms with E-state index < -0.39 is 18.1 Å². The van der Waals surface area contributed by atoms with Gasteiger partial charge in [-0.1, -0.05) is 34.8 Å². The molecule has 0 radical (unpaired) electrons. The average molecular weight is 533 g/mol. The summed E-state index contributed by atoms with van der Waals surface area (Å²) in [6.07, 6.45) is 0.284. The number of aliphatic hydroxyl groups is 2. The number of amides is 1. The molecule has 1 aliphatic carbocycles. The molecular weight excluding hydrogens is 512 g/mol. The van der Waals surface area contributed by atoms with Crippen molar-refractivity contribution in [3.8, 4) is 17.7 Å². The minimum atomic E-state index is -1.98. The number of rotatable bonds is 6. The van der Waals surface area contributed by atoms with Crippen molar-refractivity contribution in [3.63, 3.8) is 0 Å². The lowest BCUT2D eigenvalue weighted by molar-refractivity contribution is -0.0509. The zero-order chi connectivity index (χ0) is 25.3. The van der Waals surface area contributed by atoms with Crippen LogP contribution in [-0.2, 0) is 0 Å². The average Bonchev–Trinajstić information content (AvgIpc) is 3.43. The van der Waals surface area contributed by atoms with Gasteiger partial charge in [-0.15, -0.1) is 0 Å². The van der Waals surface area contributed by atoms with E-state index in [4.69, 9.17) is 27.2 Å². The van der Waals surface area contributed by atoms with Crippen LogP contribution in [0.25, 0.3) is 0 Å². The maximum atomic E-state index is 13.0. The van der Waals surface area contributed by atoms with E-state index in [9.17, 15) is 9.90 Å². The van der Waals surface area contributed by atoms with E-state index in [0.717, 1.165) is 46.8 Å². The van der Waals surface area contributed by atoms with Gasteiger partial charge in [0, 0.05) is 11.5 Å². The van der Waals surface area contributed by atoms with E-state index in [1.807, 2.05) is 13.0 Å². The van der Waals surface area contributed by atoms with Gasteiger partial charge in [0.15, 0.2) is 5.13 Å². The summed E-state index contributed by atoms with van der Waals surface area (Å²) in [5, 5.41) is 44.7. The quantitative estimate of drug-likeness (QED) is 0.110. The largest absolute Gasteiger partial charge is 0.492 e. The topological polar surface area (TPSA) is 163 Å². The van der Waals surface area contributed by atoms with Gasteiger partial charge in [0.2, 0.25) is 12.3 Å². The van der Waals surface area contributed by atoms with E-state index in [2.05, 4.69) is 37.1 Å². The molecule has 1 saturated carbocycles. The molecular formula is C22H21ClN6O4S2. The van der Waals surface area contributed by atoms with Gasteiger partial charge in [-0.2, -0.15) is 4.37 Å². The molecule has 1 amide bonds. The third-order valence-electron chi connectivity index (χ3n) is 4.94. The Labute approximate surface area is 213 Å². The highest BCUT2D eigenvalue weighted by Gasteiger charge is 2.23. The van der Waals surface area contributed by atoms with Crippen LogP contribution in [-0.4, -0.2) is 42.8 Å². The number of hydrogen-bond donors (Lipinski definition) is 7. The predicted molar refractivity (Wildman–Crippen MR) is 136 cm³/mol. The highest BCUT2D eigenvalue weighted by molar-refractivity contribution is 7.18. The first kappa shape index (κ1) is 24.9. The number of aromatic hydroxyl groups is 1. The molecule has 35 heavy (non-hydrogen) atoms. The Kier molecular flexibility index (Phi) is 7.25. The number of thiazole rings is 1. The smallest absolute Gasteiger partial charge is 0.267 e. The number of anilines is 3. The van der Waals surface area contributed by atoms with Gasteiger partial charge < -0.3 is 31.3 Å². The summed E-state index contributed by atoms with van der Waals surface area (Å²) in [5.74, 6) is 5.49. The summed E-state index contributed by atoms with van der Waals surface area (Å²) in [7, 11) is 0. The zero-order valence-corrected chi connectivity index (χ0v) is 21.0. The van der Waals surface area contributed by atoms with E-state index in [1.165, 1.54) is 0 Å². The third kappa shape index (κ3) is 5.90. The fourth-order valence-corrected chi connectivity index (χ4v) is 5.05. The molecule has 10 nitrogen and oxygen atoms in total. The fourth-order valence-electron chi connectivity index (χ4n) is 3.11. The molecule has 0 atom stereocenters. The summed E-state index contributed by atoms with van der Waals surface area (Å²) in [6.45, 7) is 3.53. The standard InChI is InChI=1S/C22H21ClN6O4S2/c1-9-7-12(6-5-11-3-4-11)8-13(23)15(9)26-19(31)16-10(2)25-21(34-16)28-20-14(18(30)29-35-20)17(24)27-22(32)33/h7-8,11,22,32-33H,3-4H2,1-2H3,(H2,24,27)(H,25,28)(H,26,31)(H,29,30). The van der Waals surface area contributed by atoms with E-state index in [-0.39, 0.29) is 16.5 Å². The second kappa shape index (κ2) is 10.2. The molecule has 7 N–H and O–H groups in total. The molecule has 4 rings (SSSR count). The summed E-state index contributed by atoms with van der Waals surface area (Å²) >= 11 is 8.35. The minimum absolute atomic E-state index is 0.0609. The maximum Gasteiger partial charge on any atom is 0.267 e. The van der Waals surface area contributed by atoms with Crippen LogP contribution < -0.4 is 16.0 Å². The summed E-state index contributed by atoms with van der Waals surface area (Å²) in [5.41, 5.74) is 2.48. The van der Waals surface area contributed by atoms with E-state index >= 15 is 0 Å². The molecule has 0 bridgehead atoms. The van der Waals surface area contributed by atoms with Crippen LogP contribution in [0.15, 0.2) is 12.1 Å². The summed E-state index contributed by atoms with van der Waals surface area (Å²) in [4.78, 5) is 17.7. The van der Waals surface area contributed by atoms with Crippen LogP contribution in [0.3, 0.4) is 0 Å². The number of benzene rings is 1. The van der Waals surface area contributed by atoms with Crippen LogP contribution >= 0.6 is 34.5 Å². The fraction of sp³-hybridized carbons (Fsp3) is 0.273. The molecule has 182 valence electrons. The number of amidine groups is 1. The summed E-state index contributed by atoms with van der Waals surface area (Å²) in [6, 6.07) is 3.61. The molecule has 1 aliphatic rings. The molecule has 2 heterocycles. The lowest BCUT2D eigenvalue weighted by atomic mass is 10.1. The van der Waals surface area contributed by atoms with Crippen LogP contribution in [0.2, 0.25) is 5.02 Å². The Morgan fingerprint density at radius 1 is 1.31 bits per heavy atom. The number of aryl methyl sites for hydroxylation is 2. The molecule has 0 saturated heterocycles. The maximum absolute atomic E-state index is 13.0. The first-order chi connectivity index (χ1) is 16.6. The molecule has 0 unspecified atom stereocenters. The number of aromatic nitrogens is 2. The van der Waals surface area contributed by atoms with Gasteiger partial charge in [0.05, 0.1) is 16.4 Å². The minimum Gasteiger partial charge on any atom is -0.492 e. The normalized spacial score (nSPS) is 12.7. The monoisotopic (exact) mass is 532 g/mol. The molecule has 1 aromatic carbocycles. The molecule has 1 fully saturated rings. The van der Waals surface area contributed by atoms with E-state index in [0.29, 0.717) is 32.3 Å². The molecule has 3 aromatic rings. The highest BCUT2D eigenvalue weighted by atomic mass is 35.5. The van der Waals surface area contributed by atoms with Gasteiger partial charge in [0.25, 0.3) is 5.91 Å². The Hall–Kier alpha value is -3.21. The van der Waals surface area contributed by atoms with Gasteiger partial charge in [-0.05, 0) is 55.9 Å². The lowest BCUT2D eigenvalue weighted by Crippen LogP contribution is -2.34. The lowest BCUT2D eigenvalue weighted by Gasteiger charge is -2.11. The Balaban J connectivity index is 1.51. The Morgan fingerprint density at radius 3 is 2.71 bits per heavy atom.